The van der Waals surface area contributed by atoms with Crippen LogP contribution in [0.2, 0.25) is 0 Å². The van der Waals surface area contributed by atoms with Gasteiger partial charge in [-0.3, -0.25) is 4.79 Å². The molecule has 0 spiro atoms. The van der Waals surface area contributed by atoms with Gasteiger partial charge in [-0.05, 0) is 18.2 Å². The average Bonchev–Trinajstić information content (AvgIpc) is 2.94. The number of carbonyl (C=O) groups is 1. The third-order valence-corrected chi connectivity index (χ3v) is 3.37. The molecule has 0 saturated carbocycles. The van der Waals surface area contributed by atoms with Crippen molar-refractivity contribution in [3.05, 3.63) is 23.6 Å². The normalized spacial score (nSPS) is 10.2. The molecule has 1 aromatic carbocycles. The van der Waals surface area contributed by atoms with Gasteiger partial charge in [0.2, 0.25) is 5.91 Å². The molecule has 0 aliphatic rings. The summed E-state index contributed by atoms with van der Waals surface area (Å²) in [6.07, 6.45) is 0. The van der Waals surface area contributed by atoms with E-state index in [-0.39, 0.29) is 12.5 Å². The SMILES string of the molecule is COc1ccc(-c2csc(NC(=O)CN)n2)cc1OC. The number of benzene rings is 1. The summed E-state index contributed by atoms with van der Waals surface area (Å²) in [6, 6.07) is 5.53. The van der Waals surface area contributed by atoms with Crippen LogP contribution in [0.4, 0.5) is 5.13 Å². The summed E-state index contributed by atoms with van der Waals surface area (Å²) in [5.74, 6) is 1.02. The van der Waals surface area contributed by atoms with E-state index in [0.29, 0.717) is 16.6 Å². The maximum atomic E-state index is 11.2. The lowest BCUT2D eigenvalue weighted by atomic mass is 10.1. The smallest absolute Gasteiger partial charge is 0.239 e. The molecule has 2 rings (SSSR count). The van der Waals surface area contributed by atoms with E-state index in [0.717, 1.165) is 11.3 Å². The standard InChI is InChI=1S/C13H15N3O3S/c1-18-10-4-3-8(5-11(10)19-2)9-7-20-13(15-9)16-12(17)6-14/h3-5,7H,6,14H2,1-2H3,(H,15,16,17). The second kappa shape index (κ2) is 6.36. The number of nitrogens with two attached hydrogens (primary N) is 1. The second-order valence-electron chi connectivity index (χ2n) is 3.86. The molecule has 0 unspecified atom stereocenters. The fourth-order valence-electron chi connectivity index (χ4n) is 1.63. The van der Waals surface area contributed by atoms with Crippen LogP contribution in [0, 0.1) is 0 Å². The Kier molecular flexibility index (Phi) is 4.54. The number of amides is 1. The Morgan fingerprint density at radius 3 is 2.75 bits per heavy atom. The van der Waals surface area contributed by atoms with Crippen LogP contribution in [0.25, 0.3) is 11.3 Å². The van der Waals surface area contributed by atoms with Gasteiger partial charge < -0.3 is 20.5 Å². The molecule has 0 saturated heterocycles. The van der Waals surface area contributed by atoms with Gasteiger partial charge in [0.15, 0.2) is 16.6 Å². The first-order chi connectivity index (χ1) is 9.67. The highest BCUT2D eigenvalue weighted by Gasteiger charge is 2.10. The van der Waals surface area contributed by atoms with Gasteiger partial charge in [-0.25, -0.2) is 4.98 Å². The van der Waals surface area contributed by atoms with Crippen LogP contribution in [0.3, 0.4) is 0 Å². The lowest BCUT2D eigenvalue weighted by Gasteiger charge is -2.08. The molecule has 3 N–H and O–H groups in total. The van der Waals surface area contributed by atoms with Crippen molar-refractivity contribution in [1.82, 2.24) is 4.98 Å². The molecule has 0 aliphatic carbocycles. The largest absolute Gasteiger partial charge is 0.493 e. The van der Waals surface area contributed by atoms with Crippen molar-refractivity contribution in [2.24, 2.45) is 5.73 Å². The molecule has 1 heterocycles. The van der Waals surface area contributed by atoms with Crippen LogP contribution in [0.1, 0.15) is 0 Å². The van der Waals surface area contributed by atoms with Gasteiger partial charge in [0.25, 0.3) is 0 Å². The number of ether oxygens (including phenoxy) is 2. The first-order valence-electron chi connectivity index (χ1n) is 5.85. The summed E-state index contributed by atoms with van der Waals surface area (Å²) in [7, 11) is 3.16. The van der Waals surface area contributed by atoms with E-state index in [1.54, 1.807) is 14.2 Å². The number of aromatic nitrogens is 1. The van der Waals surface area contributed by atoms with Crippen LogP contribution in [-0.4, -0.2) is 31.7 Å². The van der Waals surface area contributed by atoms with Gasteiger partial charge in [0, 0.05) is 10.9 Å². The highest BCUT2D eigenvalue weighted by Crippen LogP contribution is 2.33. The van der Waals surface area contributed by atoms with Gasteiger partial charge in [-0.1, -0.05) is 0 Å². The number of carbonyl (C=O) groups excluding carboxylic acids is 1. The molecular weight excluding hydrogens is 278 g/mol. The lowest BCUT2D eigenvalue weighted by Crippen LogP contribution is -2.21. The van der Waals surface area contributed by atoms with Crippen molar-refractivity contribution in [2.75, 3.05) is 26.1 Å². The zero-order valence-corrected chi connectivity index (χ0v) is 12.0. The van der Waals surface area contributed by atoms with Crippen LogP contribution < -0.4 is 20.5 Å². The van der Waals surface area contributed by atoms with Crippen LogP contribution in [0.15, 0.2) is 23.6 Å². The van der Waals surface area contributed by atoms with Crippen molar-refractivity contribution in [3.63, 3.8) is 0 Å². The van der Waals surface area contributed by atoms with Crippen LogP contribution in [0.5, 0.6) is 11.5 Å². The summed E-state index contributed by atoms with van der Waals surface area (Å²) in [6.45, 7) is -0.0642. The molecule has 7 heteroatoms. The quantitative estimate of drug-likeness (QED) is 0.876. The Morgan fingerprint density at radius 1 is 1.35 bits per heavy atom. The van der Waals surface area contributed by atoms with E-state index in [1.165, 1.54) is 11.3 Å². The summed E-state index contributed by atoms with van der Waals surface area (Å²) in [5, 5.41) is 4.99. The van der Waals surface area contributed by atoms with Crippen molar-refractivity contribution < 1.29 is 14.3 Å². The minimum Gasteiger partial charge on any atom is -0.493 e. The predicted molar refractivity (Wildman–Crippen MR) is 78.3 cm³/mol. The average molecular weight is 293 g/mol. The molecule has 2 aromatic rings. The highest BCUT2D eigenvalue weighted by molar-refractivity contribution is 7.14. The third kappa shape index (κ3) is 3.06. The van der Waals surface area contributed by atoms with E-state index in [2.05, 4.69) is 10.3 Å². The first-order valence-corrected chi connectivity index (χ1v) is 6.73. The third-order valence-electron chi connectivity index (χ3n) is 2.62. The Balaban J connectivity index is 2.25. The van der Waals surface area contributed by atoms with E-state index in [9.17, 15) is 4.79 Å². The molecule has 0 fully saturated rings. The molecular formula is C13H15N3O3S. The van der Waals surface area contributed by atoms with Gasteiger partial charge in [0.05, 0.1) is 26.5 Å². The van der Waals surface area contributed by atoms with Gasteiger partial charge in [0.1, 0.15) is 0 Å². The predicted octanol–water partition coefficient (Wildman–Crippen LogP) is 1.72. The summed E-state index contributed by atoms with van der Waals surface area (Å²) >= 11 is 1.34. The van der Waals surface area contributed by atoms with E-state index in [1.807, 2.05) is 23.6 Å². The lowest BCUT2D eigenvalue weighted by molar-refractivity contribution is -0.114. The Hall–Kier alpha value is -2.12. The molecule has 1 aromatic heterocycles. The molecule has 0 radical (unpaired) electrons. The Bertz CT molecular complexity index is 613. The van der Waals surface area contributed by atoms with Crippen LogP contribution in [-0.2, 0) is 4.79 Å². The number of rotatable bonds is 5. The maximum absolute atomic E-state index is 11.2. The van der Waals surface area contributed by atoms with Crippen LogP contribution >= 0.6 is 11.3 Å². The van der Waals surface area contributed by atoms with E-state index >= 15 is 0 Å². The molecule has 20 heavy (non-hydrogen) atoms. The van der Waals surface area contributed by atoms with Crippen molar-refractivity contribution >= 4 is 22.4 Å². The monoisotopic (exact) mass is 293 g/mol. The molecule has 0 atom stereocenters. The number of nitrogens with zero attached hydrogens (tertiary/aromatic N) is 1. The van der Waals surface area contributed by atoms with Crippen molar-refractivity contribution in [1.29, 1.82) is 0 Å². The fourth-order valence-corrected chi connectivity index (χ4v) is 2.37. The highest BCUT2D eigenvalue weighted by atomic mass is 32.1. The molecule has 106 valence electrons. The number of hydrogen-bond acceptors (Lipinski definition) is 6. The summed E-state index contributed by atoms with van der Waals surface area (Å²) in [4.78, 5) is 15.5. The first kappa shape index (κ1) is 14.3. The second-order valence-corrected chi connectivity index (χ2v) is 4.72. The van der Waals surface area contributed by atoms with E-state index in [4.69, 9.17) is 15.2 Å². The minimum atomic E-state index is -0.266. The number of methoxy groups -OCH3 is 2. The Labute approximate surface area is 120 Å². The van der Waals surface area contributed by atoms with Gasteiger partial charge in [-0.2, -0.15) is 0 Å². The minimum absolute atomic E-state index is 0.0642. The summed E-state index contributed by atoms with van der Waals surface area (Å²) < 4.78 is 10.4. The zero-order valence-electron chi connectivity index (χ0n) is 11.2. The molecule has 0 bridgehead atoms. The fraction of sp³-hybridized carbons (Fsp3) is 0.231. The molecule has 6 nitrogen and oxygen atoms in total. The van der Waals surface area contributed by atoms with Crippen molar-refractivity contribution in [3.8, 4) is 22.8 Å². The number of anilines is 1. The summed E-state index contributed by atoms with van der Waals surface area (Å²) in [5.41, 5.74) is 6.88. The maximum Gasteiger partial charge on any atom is 0.239 e. The number of hydrogen-bond donors (Lipinski definition) is 2. The molecule has 1 amide bonds. The van der Waals surface area contributed by atoms with Gasteiger partial charge in [-0.15, -0.1) is 11.3 Å². The van der Waals surface area contributed by atoms with Crippen molar-refractivity contribution in [2.45, 2.75) is 0 Å². The topological polar surface area (TPSA) is 86.5 Å². The number of nitrogens with one attached hydrogen (secondary N) is 1. The number of thiazole rings is 1. The van der Waals surface area contributed by atoms with Gasteiger partial charge >= 0.3 is 0 Å². The Morgan fingerprint density at radius 2 is 2.10 bits per heavy atom. The zero-order chi connectivity index (χ0) is 14.5. The van der Waals surface area contributed by atoms with E-state index < -0.39 is 0 Å². The molecule has 0 aliphatic heterocycles.